The first kappa shape index (κ1) is 19.0. The van der Waals surface area contributed by atoms with Gasteiger partial charge in [-0.15, -0.1) is 0 Å². The van der Waals surface area contributed by atoms with Gasteiger partial charge in [0.1, 0.15) is 17.9 Å². The number of benzene rings is 1. The molecule has 7 nitrogen and oxygen atoms in total. The molecule has 1 N–H and O–H groups in total. The minimum Gasteiger partial charge on any atom is -0.456 e. The Labute approximate surface area is 155 Å². The topological polar surface area (TPSA) is 92.8 Å². The summed E-state index contributed by atoms with van der Waals surface area (Å²) in [4.78, 5) is 49.8. The lowest BCUT2D eigenvalue weighted by atomic mass is 9.73. The number of carbonyl (C=O) groups excluding carboxylic acids is 4. The van der Waals surface area contributed by atoms with Crippen molar-refractivity contribution in [3.8, 4) is 0 Å². The van der Waals surface area contributed by atoms with E-state index in [4.69, 9.17) is 4.74 Å². The Morgan fingerprint density at radius 3 is 2.63 bits per heavy atom. The average Bonchev–Trinajstić information content (AvgIpc) is 2.88. The highest BCUT2D eigenvalue weighted by Gasteiger charge is 2.55. The van der Waals surface area contributed by atoms with Crippen LogP contribution >= 0.6 is 0 Å². The number of rotatable bonds is 5. The van der Waals surface area contributed by atoms with E-state index in [1.54, 1.807) is 0 Å². The molecule has 1 spiro atoms. The molecule has 0 aromatic heterocycles. The Morgan fingerprint density at radius 2 is 1.96 bits per heavy atom. The summed E-state index contributed by atoms with van der Waals surface area (Å²) in [5.74, 6) is -2.26. The molecule has 1 heterocycles. The molecule has 1 saturated carbocycles. The lowest BCUT2D eigenvalue weighted by Gasteiger charge is -2.36. The third-order valence-electron chi connectivity index (χ3n) is 5.32. The van der Waals surface area contributed by atoms with Gasteiger partial charge in [0.2, 0.25) is 0 Å². The number of nitrogens with one attached hydrogen (secondary N) is 1. The molecule has 1 aliphatic heterocycles. The van der Waals surface area contributed by atoms with Gasteiger partial charge in [0, 0.05) is 5.56 Å². The summed E-state index contributed by atoms with van der Waals surface area (Å²) >= 11 is 0. The molecule has 2 aliphatic rings. The molecule has 8 heteroatoms. The van der Waals surface area contributed by atoms with E-state index >= 15 is 0 Å². The molecule has 2 fully saturated rings. The maximum Gasteiger partial charge on any atom is 0.326 e. The molecule has 0 bridgehead atoms. The number of hydrogen-bond donors (Lipinski definition) is 1. The van der Waals surface area contributed by atoms with Crippen LogP contribution in [0.2, 0.25) is 0 Å². The van der Waals surface area contributed by atoms with Gasteiger partial charge in [-0.2, -0.15) is 0 Å². The van der Waals surface area contributed by atoms with Crippen LogP contribution in [0.5, 0.6) is 0 Å². The predicted octanol–water partition coefficient (Wildman–Crippen LogP) is 2.05. The number of Topliss-reactive ketones (excluding diaryl/α,β-unsaturated/α-hetero) is 1. The van der Waals surface area contributed by atoms with Gasteiger partial charge in [0.05, 0.1) is 0 Å². The van der Waals surface area contributed by atoms with E-state index in [0.717, 1.165) is 36.3 Å². The fourth-order valence-corrected chi connectivity index (χ4v) is 3.68. The normalized spacial score (nSPS) is 24.8. The zero-order chi connectivity index (χ0) is 19.6. The van der Waals surface area contributed by atoms with E-state index in [1.807, 2.05) is 6.92 Å². The van der Waals surface area contributed by atoms with Crippen LogP contribution in [0.4, 0.5) is 9.18 Å². The van der Waals surface area contributed by atoms with Gasteiger partial charge in [-0.25, -0.2) is 9.18 Å². The quantitative estimate of drug-likeness (QED) is 0.482. The highest BCUT2D eigenvalue weighted by molar-refractivity contribution is 6.09. The minimum atomic E-state index is -0.945. The van der Waals surface area contributed by atoms with Gasteiger partial charge in [-0.05, 0) is 43.0 Å². The van der Waals surface area contributed by atoms with Crippen molar-refractivity contribution in [1.29, 1.82) is 0 Å². The number of nitrogens with zero attached hydrogens (tertiary/aromatic N) is 1. The standard InChI is InChI=1S/C19H21FN2O5/c1-12-4-2-3-9-19(12)17(25)22(18(26)21-19)10-16(24)27-11-15(23)13-5-7-14(20)8-6-13/h5-8,12H,2-4,9-11H2,1H3,(H,21,26)/t12-,19-/m1/s1. The summed E-state index contributed by atoms with van der Waals surface area (Å²) in [6.07, 6.45) is 3.21. The monoisotopic (exact) mass is 376 g/mol. The number of ketones is 1. The van der Waals surface area contributed by atoms with Crippen molar-refractivity contribution in [2.24, 2.45) is 5.92 Å². The van der Waals surface area contributed by atoms with Crippen LogP contribution in [0.25, 0.3) is 0 Å². The smallest absolute Gasteiger partial charge is 0.326 e. The minimum absolute atomic E-state index is 0.0104. The summed E-state index contributed by atoms with van der Waals surface area (Å²) in [7, 11) is 0. The molecule has 0 radical (unpaired) electrons. The van der Waals surface area contributed by atoms with Crippen molar-refractivity contribution in [1.82, 2.24) is 10.2 Å². The van der Waals surface area contributed by atoms with Crippen LogP contribution in [0.1, 0.15) is 43.0 Å². The molecule has 2 atom stereocenters. The molecule has 1 aromatic carbocycles. The second-order valence-corrected chi connectivity index (χ2v) is 7.03. The van der Waals surface area contributed by atoms with Crippen molar-refractivity contribution < 1.29 is 28.3 Å². The summed E-state index contributed by atoms with van der Waals surface area (Å²) in [5.41, 5.74) is -0.742. The Hall–Kier alpha value is -2.77. The van der Waals surface area contributed by atoms with Crippen LogP contribution in [-0.4, -0.2) is 47.3 Å². The van der Waals surface area contributed by atoms with Crippen LogP contribution in [0.15, 0.2) is 24.3 Å². The molecule has 144 valence electrons. The summed E-state index contributed by atoms with van der Waals surface area (Å²) in [5, 5.41) is 2.75. The number of ether oxygens (including phenoxy) is 1. The molecular formula is C19H21FN2O5. The number of hydrogen-bond acceptors (Lipinski definition) is 5. The number of urea groups is 1. The second-order valence-electron chi connectivity index (χ2n) is 7.03. The summed E-state index contributed by atoms with van der Waals surface area (Å²) in [6.45, 7) is 0.825. The lowest BCUT2D eigenvalue weighted by molar-refractivity contribution is -0.147. The van der Waals surface area contributed by atoms with Crippen molar-refractivity contribution >= 4 is 23.7 Å². The third kappa shape index (κ3) is 3.70. The van der Waals surface area contributed by atoms with Gasteiger partial charge in [0.25, 0.3) is 5.91 Å². The first-order valence-corrected chi connectivity index (χ1v) is 8.92. The first-order valence-electron chi connectivity index (χ1n) is 8.92. The van der Waals surface area contributed by atoms with E-state index in [0.29, 0.717) is 6.42 Å². The molecule has 3 amide bonds. The van der Waals surface area contributed by atoms with E-state index in [9.17, 15) is 23.6 Å². The molecular weight excluding hydrogens is 355 g/mol. The molecule has 0 unspecified atom stereocenters. The maximum absolute atomic E-state index is 12.9. The van der Waals surface area contributed by atoms with Crippen LogP contribution < -0.4 is 5.32 Å². The highest BCUT2D eigenvalue weighted by Crippen LogP contribution is 2.38. The van der Waals surface area contributed by atoms with Gasteiger partial charge in [-0.1, -0.05) is 19.8 Å². The SMILES string of the molecule is C[C@@H]1CCCC[C@@]12NC(=O)N(CC(=O)OCC(=O)c1ccc(F)cc1)C2=O. The molecule has 1 aromatic rings. The van der Waals surface area contributed by atoms with Gasteiger partial charge < -0.3 is 10.1 Å². The number of halogens is 1. The molecule has 1 saturated heterocycles. The number of amides is 3. The molecule has 3 rings (SSSR count). The second kappa shape index (κ2) is 7.46. The largest absolute Gasteiger partial charge is 0.456 e. The fourth-order valence-electron chi connectivity index (χ4n) is 3.68. The van der Waals surface area contributed by atoms with Crippen molar-refractivity contribution in [2.75, 3.05) is 13.2 Å². The third-order valence-corrected chi connectivity index (χ3v) is 5.32. The Bertz CT molecular complexity index is 779. The van der Waals surface area contributed by atoms with E-state index < -0.39 is 48.2 Å². The van der Waals surface area contributed by atoms with Crippen molar-refractivity contribution in [3.05, 3.63) is 35.6 Å². The number of carbonyl (C=O) groups is 4. The zero-order valence-electron chi connectivity index (χ0n) is 15.0. The highest BCUT2D eigenvalue weighted by atomic mass is 19.1. The van der Waals surface area contributed by atoms with Gasteiger partial charge >= 0.3 is 12.0 Å². The van der Waals surface area contributed by atoms with Crippen molar-refractivity contribution in [3.63, 3.8) is 0 Å². The van der Waals surface area contributed by atoms with E-state index in [1.165, 1.54) is 12.1 Å². The lowest BCUT2D eigenvalue weighted by Crippen LogP contribution is -2.54. The fraction of sp³-hybridized carbons (Fsp3) is 0.474. The Kier molecular flexibility index (Phi) is 5.25. The first-order chi connectivity index (χ1) is 12.8. The molecule has 1 aliphatic carbocycles. The number of esters is 1. The molecule has 27 heavy (non-hydrogen) atoms. The van der Waals surface area contributed by atoms with E-state index in [2.05, 4.69) is 5.32 Å². The predicted molar refractivity (Wildman–Crippen MR) is 92.3 cm³/mol. The van der Waals surface area contributed by atoms with Crippen LogP contribution in [0.3, 0.4) is 0 Å². The Balaban J connectivity index is 1.57. The Morgan fingerprint density at radius 1 is 1.26 bits per heavy atom. The van der Waals surface area contributed by atoms with Gasteiger partial charge in [-0.3, -0.25) is 19.3 Å². The summed E-state index contributed by atoms with van der Waals surface area (Å²) < 4.78 is 17.8. The maximum atomic E-state index is 12.9. The van der Waals surface area contributed by atoms with Crippen LogP contribution in [-0.2, 0) is 14.3 Å². The van der Waals surface area contributed by atoms with E-state index in [-0.39, 0.29) is 11.5 Å². The number of imide groups is 1. The van der Waals surface area contributed by atoms with Crippen molar-refractivity contribution in [2.45, 2.75) is 38.1 Å². The van der Waals surface area contributed by atoms with Gasteiger partial charge in [0.15, 0.2) is 12.4 Å². The average molecular weight is 376 g/mol. The zero-order valence-corrected chi connectivity index (χ0v) is 15.0. The van der Waals surface area contributed by atoms with Crippen LogP contribution in [0, 0.1) is 11.7 Å². The summed E-state index contributed by atoms with van der Waals surface area (Å²) in [6, 6.07) is 4.23.